The third-order valence-electron chi connectivity index (χ3n) is 3.84. The third-order valence-corrected chi connectivity index (χ3v) is 6.25. The molecule has 1 fully saturated rings. The van der Waals surface area contributed by atoms with E-state index in [9.17, 15) is 13.2 Å². The standard InChI is InChI=1S/C19H18N2O4S2/c1-3-11-21-18(22)17(13-15-6-5-12-25-15)26-19(21)20-27(23,24)16-9-7-14(4-2)8-10-16/h3,5-10,12-13H,1,4,11H2,2H3/b17-13-,20-19-. The van der Waals surface area contributed by atoms with Crippen molar-refractivity contribution in [3.8, 4) is 0 Å². The second-order valence-corrected chi connectivity index (χ2v) is 8.29. The normalized spacial score (nSPS) is 17.8. The molecule has 0 bridgehead atoms. The molecule has 1 amide bonds. The zero-order valence-electron chi connectivity index (χ0n) is 14.7. The number of hydrogen-bond acceptors (Lipinski definition) is 5. The van der Waals surface area contributed by atoms with Crippen LogP contribution in [0.3, 0.4) is 0 Å². The molecule has 0 saturated carbocycles. The number of carbonyl (C=O) groups is 1. The first kappa shape index (κ1) is 19.2. The number of amidine groups is 1. The minimum absolute atomic E-state index is 0.0854. The van der Waals surface area contributed by atoms with Crippen LogP contribution in [0.4, 0.5) is 0 Å². The van der Waals surface area contributed by atoms with Gasteiger partial charge in [0.15, 0.2) is 5.17 Å². The predicted molar refractivity (Wildman–Crippen MR) is 107 cm³/mol. The molecule has 0 spiro atoms. The van der Waals surface area contributed by atoms with E-state index in [0.717, 1.165) is 23.7 Å². The Labute approximate surface area is 162 Å². The Morgan fingerprint density at radius 1 is 1.26 bits per heavy atom. The summed E-state index contributed by atoms with van der Waals surface area (Å²) in [5.74, 6) is 0.162. The molecular formula is C19H18N2O4S2. The number of nitrogens with zero attached hydrogens (tertiary/aromatic N) is 2. The van der Waals surface area contributed by atoms with Gasteiger partial charge in [-0.25, -0.2) is 0 Å². The summed E-state index contributed by atoms with van der Waals surface area (Å²) in [5, 5.41) is 0.0947. The van der Waals surface area contributed by atoms with E-state index in [1.54, 1.807) is 30.3 Å². The summed E-state index contributed by atoms with van der Waals surface area (Å²) in [6.07, 6.45) is 5.39. The molecule has 2 aromatic rings. The maximum Gasteiger partial charge on any atom is 0.284 e. The number of hydrogen-bond donors (Lipinski definition) is 0. The van der Waals surface area contributed by atoms with E-state index in [1.807, 2.05) is 6.92 Å². The fraction of sp³-hybridized carbons (Fsp3) is 0.158. The Hall–Kier alpha value is -2.58. The fourth-order valence-corrected chi connectivity index (χ4v) is 4.59. The van der Waals surface area contributed by atoms with E-state index in [-0.39, 0.29) is 22.5 Å². The van der Waals surface area contributed by atoms with Gasteiger partial charge in [0.05, 0.1) is 16.1 Å². The second kappa shape index (κ2) is 7.98. The summed E-state index contributed by atoms with van der Waals surface area (Å²) in [7, 11) is -3.94. The molecule has 0 N–H and O–H groups in total. The molecule has 8 heteroatoms. The van der Waals surface area contributed by atoms with E-state index in [1.165, 1.54) is 29.4 Å². The smallest absolute Gasteiger partial charge is 0.284 e. The zero-order chi connectivity index (χ0) is 19.4. The van der Waals surface area contributed by atoms with Gasteiger partial charge < -0.3 is 4.42 Å². The number of benzene rings is 1. The molecule has 2 heterocycles. The molecule has 140 valence electrons. The summed E-state index contributed by atoms with van der Waals surface area (Å²) < 4.78 is 34.5. The highest BCUT2D eigenvalue weighted by molar-refractivity contribution is 8.19. The van der Waals surface area contributed by atoms with Crippen molar-refractivity contribution in [3.05, 3.63) is 71.5 Å². The van der Waals surface area contributed by atoms with Crippen LogP contribution in [-0.4, -0.2) is 30.9 Å². The van der Waals surface area contributed by atoms with Crippen molar-refractivity contribution in [2.75, 3.05) is 6.54 Å². The average molecular weight is 402 g/mol. The van der Waals surface area contributed by atoms with Crippen molar-refractivity contribution in [2.45, 2.75) is 18.2 Å². The fourth-order valence-electron chi connectivity index (χ4n) is 2.42. The zero-order valence-corrected chi connectivity index (χ0v) is 16.3. The highest BCUT2D eigenvalue weighted by Crippen LogP contribution is 2.33. The van der Waals surface area contributed by atoms with Crippen molar-refractivity contribution in [3.63, 3.8) is 0 Å². The predicted octanol–water partition coefficient (Wildman–Crippen LogP) is 3.69. The number of furan rings is 1. The average Bonchev–Trinajstić information content (AvgIpc) is 3.26. The number of carbonyl (C=O) groups excluding carboxylic acids is 1. The van der Waals surface area contributed by atoms with Gasteiger partial charge in [-0.1, -0.05) is 25.1 Å². The summed E-state index contributed by atoms with van der Waals surface area (Å²) >= 11 is 0.995. The molecule has 1 aromatic heterocycles. The van der Waals surface area contributed by atoms with E-state index in [2.05, 4.69) is 11.0 Å². The highest BCUT2D eigenvalue weighted by Gasteiger charge is 2.34. The second-order valence-electron chi connectivity index (χ2n) is 5.68. The SMILES string of the molecule is C=CCN1C(=O)/C(=C/c2ccco2)S/C1=N\S(=O)(=O)c1ccc(CC)cc1. The minimum Gasteiger partial charge on any atom is -0.465 e. The lowest BCUT2D eigenvalue weighted by molar-refractivity contribution is -0.121. The van der Waals surface area contributed by atoms with Crippen molar-refractivity contribution in [2.24, 2.45) is 4.40 Å². The van der Waals surface area contributed by atoms with Crippen molar-refractivity contribution in [1.29, 1.82) is 0 Å². The van der Waals surface area contributed by atoms with Crippen LogP contribution in [0.2, 0.25) is 0 Å². The van der Waals surface area contributed by atoms with Crippen LogP contribution >= 0.6 is 11.8 Å². The van der Waals surface area contributed by atoms with Crippen LogP contribution < -0.4 is 0 Å². The number of rotatable bonds is 6. The highest BCUT2D eigenvalue weighted by atomic mass is 32.2. The van der Waals surface area contributed by atoms with Crippen LogP contribution in [0.15, 0.2) is 73.9 Å². The van der Waals surface area contributed by atoms with Gasteiger partial charge >= 0.3 is 0 Å². The Morgan fingerprint density at radius 2 is 2.00 bits per heavy atom. The number of thioether (sulfide) groups is 1. The van der Waals surface area contributed by atoms with Gasteiger partial charge in [0.1, 0.15) is 5.76 Å². The molecule has 1 saturated heterocycles. The van der Waals surface area contributed by atoms with Crippen molar-refractivity contribution < 1.29 is 17.6 Å². The van der Waals surface area contributed by atoms with Crippen molar-refractivity contribution in [1.82, 2.24) is 4.90 Å². The quantitative estimate of drug-likeness (QED) is 0.544. The molecule has 27 heavy (non-hydrogen) atoms. The molecular weight excluding hydrogens is 384 g/mol. The molecule has 1 aliphatic rings. The first-order chi connectivity index (χ1) is 12.9. The minimum atomic E-state index is -3.94. The van der Waals surface area contributed by atoms with Gasteiger partial charge in [-0.2, -0.15) is 8.42 Å². The van der Waals surface area contributed by atoms with E-state index >= 15 is 0 Å². The Bertz CT molecular complexity index is 1000. The maximum absolute atomic E-state index is 12.7. The van der Waals surface area contributed by atoms with Gasteiger partial charge in [0, 0.05) is 12.6 Å². The molecule has 0 unspecified atom stereocenters. The topological polar surface area (TPSA) is 80.0 Å². The van der Waals surface area contributed by atoms with Gasteiger partial charge in [-0.15, -0.1) is 11.0 Å². The van der Waals surface area contributed by atoms with Gasteiger partial charge in [-0.3, -0.25) is 9.69 Å². The number of sulfonamides is 1. The molecule has 0 atom stereocenters. The summed E-state index contributed by atoms with van der Waals surface area (Å²) in [6, 6.07) is 9.97. The number of amides is 1. The Morgan fingerprint density at radius 3 is 2.59 bits per heavy atom. The molecule has 0 aliphatic carbocycles. The lowest BCUT2D eigenvalue weighted by atomic mass is 10.2. The monoisotopic (exact) mass is 402 g/mol. The summed E-state index contributed by atoms with van der Waals surface area (Å²) in [6.45, 7) is 5.77. The lowest BCUT2D eigenvalue weighted by Gasteiger charge is -2.12. The Kier molecular flexibility index (Phi) is 5.67. The van der Waals surface area contributed by atoms with E-state index in [4.69, 9.17) is 4.42 Å². The summed E-state index contributed by atoms with van der Waals surface area (Å²) in [5.41, 5.74) is 1.03. The van der Waals surface area contributed by atoms with Crippen LogP contribution in [0.25, 0.3) is 6.08 Å². The van der Waals surface area contributed by atoms with Crippen LogP contribution in [0.1, 0.15) is 18.2 Å². The number of aryl methyl sites for hydroxylation is 1. The van der Waals surface area contributed by atoms with Crippen LogP contribution in [-0.2, 0) is 21.2 Å². The molecule has 1 aliphatic heterocycles. The Balaban J connectivity index is 1.96. The van der Waals surface area contributed by atoms with E-state index in [0.29, 0.717) is 10.7 Å². The van der Waals surface area contributed by atoms with Gasteiger partial charge in [-0.05, 0) is 48.0 Å². The first-order valence-corrected chi connectivity index (χ1v) is 10.5. The lowest BCUT2D eigenvalue weighted by Crippen LogP contribution is -2.29. The molecule has 1 aromatic carbocycles. The van der Waals surface area contributed by atoms with Gasteiger partial charge in [0.2, 0.25) is 0 Å². The third kappa shape index (κ3) is 4.23. The van der Waals surface area contributed by atoms with Gasteiger partial charge in [0.25, 0.3) is 15.9 Å². The van der Waals surface area contributed by atoms with Crippen molar-refractivity contribution >= 4 is 38.9 Å². The largest absolute Gasteiger partial charge is 0.465 e. The van der Waals surface area contributed by atoms with E-state index < -0.39 is 10.0 Å². The van der Waals surface area contributed by atoms with Crippen LogP contribution in [0, 0.1) is 0 Å². The summed E-state index contributed by atoms with van der Waals surface area (Å²) in [4.78, 5) is 14.3. The molecule has 0 radical (unpaired) electrons. The molecule has 3 rings (SSSR count). The maximum atomic E-state index is 12.7. The molecule has 6 nitrogen and oxygen atoms in total. The first-order valence-electron chi connectivity index (χ1n) is 8.24. The van der Waals surface area contributed by atoms with Crippen LogP contribution in [0.5, 0.6) is 0 Å².